The van der Waals surface area contributed by atoms with E-state index in [9.17, 15) is 13.0 Å². The molecule has 0 unspecified atom stereocenters. The molecule has 2 aromatic rings. The SMILES string of the molecule is O=S(=O)([O-])N=Nc1ccc(OCc2ccccc2)cc1.[Na+]. The van der Waals surface area contributed by atoms with Crippen molar-refractivity contribution in [2.24, 2.45) is 9.63 Å². The average molecular weight is 314 g/mol. The van der Waals surface area contributed by atoms with Gasteiger partial charge in [0.25, 0.3) is 0 Å². The summed E-state index contributed by atoms with van der Waals surface area (Å²) in [5, 5.41) is 3.31. The molecule has 0 fully saturated rings. The van der Waals surface area contributed by atoms with Gasteiger partial charge in [-0.1, -0.05) is 34.9 Å². The van der Waals surface area contributed by atoms with Crippen LogP contribution in [0.1, 0.15) is 5.56 Å². The normalized spacial score (nSPS) is 11.1. The minimum absolute atomic E-state index is 0. The minimum atomic E-state index is -4.70. The maximum atomic E-state index is 10.3. The Kier molecular flexibility index (Phi) is 7.00. The molecule has 0 bridgehead atoms. The van der Waals surface area contributed by atoms with E-state index in [0.717, 1.165) is 5.56 Å². The molecular formula is C13H11N2NaO4S. The van der Waals surface area contributed by atoms with E-state index in [1.54, 1.807) is 12.1 Å². The first-order chi connectivity index (χ1) is 9.53. The maximum Gasteiger partial charge on any atom is 1.00 e. The van der Waals surface area contributed by atoms with Crippen molar-refractivity contribution in [2.45, 2.75) is 6.61 Å². The maximum absolute atomic E-state index is 10.3. The zero-order valence-electron chi connectivity index (χ0n) is 11.3. The molecule has 0 N–H and O–H groups in total. The van der Waals surface area contributed by atoms with Crippen LogP contribution in [0.4, 0.5) is 5.69 Å². The summed E-state index contributed by atoms with van der Waals surface area (Å²) in [6.07, 6.45) is 0. The van der Waals surface area contributed by atoms with E-state index in [1.165, 1.54) is 12.1 Å². The second-order valence-corrected chi connectivity index (χ2v) is 4.90. The van der Waals surface area contributed by atoms with Gasteiger partial charge in [-0.05, 0) is 29.8 Å². The van der Waals surface area contributed by atoms with Gasteiger partial charge >= 0.3 is 29.6 Å². The Balaban J connectivity index is 0.00000220. The van der Waals surface area contributed by atoms with Gasteiger partial charge in [-0.25, -0.2) is 8.42 Å². The molecule has 6 nitrogen and oxygen atoms in total. The number of hydrogen-bond acceptors (Lipinski definition) is 5. The summed E-state index contributed by atoms with van der Waals surface area (Å²) >= 11 is 0. The van der Waals surface area contributed by atoms with E-state index in [2.05, 4.69) is 9.63 Å². The van der Waals surface area contributed by atoms with Crippen molar-refractivity contribution in [3.63, 3.8) is 0 Å². The second kappa shape index (κ2) is 8.26. The third-order valence-corrected chi connectivity index (χ3v) is 2.62. The van der Waals surface area contributed by atoms with Gasteiger partial charge in [-0.15, -0.1) is 5.11 Å². The first kappa shape index (κ1) is 17.8. The van der Waals surface area contributed by atoms with E-state index >= 15 is 0 Å². The van der Waals surface area contributed by atoms with E-state index in [4.69, 9.17) is 4.74 Å². The fraction of sp³-hybridized carbons (Fsp3) is 0.0769. The summed E-state index contributed by atoms with van der Waals surface area (Å²) in [6, 6.07) is 15.9. The Morgan fingerprint density at radius 2 is 1.62 bits per heavy atom. The van der Waals surface area contributed by atoms with Crippen molar-refractivity contribution < 1.29 is 47.3 Å². The topological polar surface area (TPSA) is 91.2 Å². The first-order valence-corrected chi connectivity index (χ1v) is 7.05. The number of benzene rings is 2. The molecule has 0 radical (unpaired) electrons. The van der Waals surface area contributed by atoms with Gasteiger partial charge in [0.15, 0.2) is 0 Å². The van der Waals surface area contributed by atoms with Gasteiger partial charge in [0, 0.05) is 0 Å². The molecule has 21 heavy (non-hydrogen) atoms. The molecule has 0 aliphatic carbocycles. The van der Waals surface area contributed by atoms with Crippen molar-refractivity contribution in [3.8, 4) is 5.75 Å². The molecule has 0 saturated carbocycles. The summed E-state index contributed by atoms with van der Waals surface area (Å²) in [6.45, 7) is 0.427. The van der Waals surface area contributed by atoms with Crippen LogP contribution in [0.25, 0.3) is 0 Å². The zero-order chi connectivity index (χ0) is 14.4. The van der Waals surface area contributed by atoms with Crippen molar-refractivity contribution in [2.75, 3.05) is 0 Å². The molecule has 0 spiro atoms. The molecular weight excluding hydrogens is 303 g/mol. The summed E-state index contributed by atoms with van der Waals surface area (Å²) in [7, 11) is -4.70. The van der Waals surface area contributed by atoms with Crippen LogP contribution in [0.2, 0.25) is 0 Å². The number of ether oxygens (including phenoxy) is 1. The van der Waals surface area contributed by atoms with Gasteiger partial charge in [0.2, 0.25) is 10.3 Å². The Morgan fingerprint density at radius 3 is 2.19 bits per heavy atom. The van der Waals surface area contributed by atoms with Crippen LogP contribution in [0.5, 0.6) is 5.75 Å². The van der Waals surface area contributed by atoms with Crippen molar-refractivity contribution in [3.05, 3.63) is 60.2 Å². The van der Waals surface area contributed by atoms with Crippen LogP contribution in [0, 0.1) is 0 Å². The van der Waals surface area contributed by atoms with E-state index in [1.807, 2.05) is 30.3 Å². The molecule has 0 atom stereocenters. The minimum Gasteiger partial charge on any atom is -0.728 e. The van der Waals surface area contributed by atoms with Gasteiger partial charge in [-0.2, -0.15) is 0 Å². The fourth-order valence-corrected chi connectivity index (χ4v) is 1.64. The monoisotopic (exact) mass is 314 g/mol. The molecule has 0 aromatic heterocycles. The Labute approximate surface area is 145 Å². The van der Waals surface area contributed by atoms with Crippen molar-refractivity contribution >= 4 is 16.0 Å². The van der Waals surface area contributed by atoms with Crippen LogP contribution >= 0.6 is 0 Å². The first-order valence-electron chi connectivity index (χ1n) is 5.68. The fourth-order valence-electron chi connectivity index (χ4n) is 1.45. The molecule has 0 aliphatic heterocycles. The molecule has 0 heterocycles. The summed E-state index contributed by atoms with van der Waals surface area (Å²) < 4.78 is 39.1. The zero-order valence-corrected chi connectivity index (χ0v) is 14.2. The van der Waals surface area contributed by atoms with Crippen molar-refractivity contribution in [1.82, 2.24) is 0 Å². The number of hydrogen-bond donors (Lipinski definition) is 0. The number of nitrogens with zero attached hydrogens (tertiary/aromatic N) is 2. The Hall–Kier alpha value is -1.25. The van der Waals surface area contributed by atoms with Crippen LogP contribution in [-0.4, -0.2) is 13.0 Å². The predicted molar refractivity (Wildman–Crippen MR) is 71.4 cm³/mol. The standard InChI is InChI=1S/C13H12N2O4S.Na/c16-20(17,18)15-14-12-6-8-13(9-7-12)19-10-11-4-2-1-3-5-11;/h1-9H,10H2,(H,16,17,18);/q;+1/p-1. The Morgan fingerprint density at radius 1 is 1.00 bits per heavy atom. The predicted octanol–water partition coefficient (Wildman–Crippen LogP) is -0.187. The largest absolute Gasteiger partial charge is 1.00 e. The molecule has 2 aromatic carbocycles. The molecule has 104 valence electrons. The smallest absolute Gasteiger partial charge is 0.728 e. The van der Waals surface area contributed by atoms with Crippen LogP contribution in [0.15, 0.2) is 64.2 Å². The van der Waals surface area contributed by atoms with Crippen LogP contribution < -0.4 is 34.3 Å². The van der Waals surface area contributed by atoms with Gasteiger partial charge in [-0.3, -0.25) is 0 Å². The third kappa shape index (κ3) is 6.83. The molecule has 0 saturated heterocycles. The second-order valence-electron chi connectivity index (χ2n) is 3.88. The van der Waals surface area contributed by atoms with E-state index in [0.29, 0.717) is 12.4 Å². The molecule has 0 amide bonds. The molecule has 2 rings (SSSR count). The summed E-state index contributed by atoms with van der Waals surface area (Å²) in [5.41, 5.74) is 1.30. The Bertz CT molecular complexity index is 688. The number of rotatable bonds is 5. The van der Waals surface area contributed by atoms with Crippen LogP contribution in [0.3, 0.4) is 0 Å². The van der Waals surface area contributed by atoms with Gasteiger partial charge < -0.3 is 9.29 Å². The van der Waals surface area contributed by atoms with E-state index < -0.39 is 10.3 Å². The average Bonchev–Trinajstić information content (AvgIpc) is 2.44. The van der Waals surface area contributed by atoms with Gasteiger partial charge in [0.05, 0.1) is 5.69 Å². The van der Waals surface area contributed by atoms with Crippen LogP contribution in [-0.2, 0) is 16.9 Å². The molecule has 8 heteroatoms. The molecule has 0 aliphatic rings. The third-order valence-electron chi connectivity index (χ3n) is 2.34. The summed E-state index contributed by atoms with van der Waals surface area (Å²) in [5.74, 6) is 0.609. The quantitative estimate of drug-likeness (QED) is 0.435. The van der Waals surface area contributed by atoms with Gasteiger partial charge in [0.1, 0.15) is 12.4 Å². The van der Waals surface area contributed by atoms with E-state index in [-0.39, 0.29) is 35.2 Å². The van der Waals surface area contributed by atoms with Crippen molar-refractivity contribution in [1.29, 1.82) is 0 Å². The summed E-state index contributed by atoms with van der Waals surface area (Å²) in [4.78, 5) is 0.